The van der Waals surface area contributed by atoms with Crippen LogP contribution in [-0.2, 0) is 0 Å². The Morgan fingerprint density at radius 3 is 0.939 bits per heavy atom. The Bertz CT molecular complexity index is 3430. The second kappa shape index (κ2) is 16.2. The zero-order chi connectivity index (χ0) is 44.1. The van der Waals surface area contributed by atoms with Crippen molar-refractivity contribution in [2.75, 3.05) is 9.80 Å². The lowest BCUT2D eigenvalue weighted by Crippen LogP contribution is -2.10. The van der Waals surface area contributed by atoms with Crippen LogP contribution in [-0.4, -0.2) is 9.13 Å². The molecular weight excluding hydrogens is 801 g/mol. The fourth-order valence-corrected chi connectivity index (χ4v) is 9.79. The van der Waals surface area contributed by atoms with Crippen molar-refractivity contribution in [3.8, 4) is 22.5 Å². The predicted molar refractivity (Wildman–Crippen MR) is 279 cm³/mol. The highest BCUT2D eigenvalue weighted by Gasteiger charge is 2.20. The smallest absolute Gasteiger partial charge is 0.0561 e. The summed E-state index contributed by atoms with van der Waals surface area (Å²) in [5.74, 6) is 0. The number of anilines is 6. The normalized spacial score (nSPS) is 11.5. The first-order valence-corrected chi connectivity index (χ1v) is 22.7. The highest BCUT2D eigenvalue weighted by Crippen LogP contribution is 2.42. The Hall–Kier alpha value is -8.60. The van der Waals surface area contributed by atoms with Crippen LogP contribution in [0.1, 0.15) is 11.1 Å². The average Bonchev–Trinajstić information content (AvgIpc) is 3.88. The Balaban J connectivity index is 0.922. The second-order valence-electron chi connectivity index (χ2n) is 17.2. The highest BCUT2D eigenvalue weighted by atomic mass is 15.2. The minimum absolute atomic E-state index is 1.09. The van der Waals surface area contributed by atoms with E-state index < -0.39 is 0 Å². The molecule has 314 valence electrons. The van der Waals surface area contributed by atoms with Gasteiger partial charge in [0.1, 0.15) is 0 Å². The summed E-state index contributed by atoms with van der Waals surface area (Å²) in [5.41, 5.74) is 18.4. The molecule has 0 aliphatic heterocycles. The zero-order valence-corrected chi connectivity index (χ0v) is 36.9. The number of hydrogen-bond donors (Lipinski definition) is 0. The van der Waals surface area contributed by atoms with Crippen molar-refractivity contribution < 1.29 is 0 Å². The molecule has 4 nitrogen and oxygen atoms in total. The lowest BCUT2D eigenvalue weighted by Gasteiger charge is -2.27. The molecular formula is C62H46N4. The average molecular weight is 847 g/mol. The highest BCUT2D eigenvalue weighted by molar-refractivity contribution is 6.11. The van der Waals surface area contributed by atoms with Crippen molar-refractivity contribution >= 4 is 77.7 Å². The van der Waals surface area contributed by atoms with Gasteiger partial charge in [-0.2, -0.15) is 0 Å². The number of hydrogen-bond acceptors (Lipinski definition) is 2. The van der Waals surface area contributed by atoms with Crippen LogP contribution in [0.3, 0.4) is 0 Å². The molecule has 0 bridgehead atoms. The van der Waals surface area contributed by atoms with Crippen LogP contribution in [0.15, 0.2) is 243 Å². The van der Waals surface area contributed by atoms with E-state index >= 15 is 0 Å². The second-order valence-corrected chi connectivity index (χ2v) is 17.2. The third kappa shape index (κ3) is 6.79. The first kappa shape index (κ1) is 39.0. The lowest BCUT2D eigenvalue weighted by atomic mass is 10.0. The van der Waals surface area contributed by atoms with E-state index in [0.29, 0.717) is 0 Å². The van der Waals surface area contributed by atoms with E-state index in [4.69, 9.17) is 0 Å². The molecule has 0 aliphatic rings. The fourth-order valence-electron chi connectivity index (χ4n) is 9.79. The summed E-state index contributed by atoms with van der Waals surface area (Å²) in [6, 6.07) is 88.2. The van der Waals surface area contributed by atoms with E-state index in [9.17, 15) is 0 Å². The van der Waals surface area contributed by atoms with E-state index in [0.717, 1.165) is 56.6 Å². The van der Waals surface area contributed by atoms with E-state index in [1.807, 2.05) is 0 Å². The Kier molecular flexibility index (Phi) is 9.57. The van der Waals surface area contributed by atoms with Gasteiger partial charge in [-0.1, -0.05) is 145 Å². The van der Waals surface area contributed by atoms with Crippen molar-refractivity contribution in [1.29, 1.82) is 0 Å². The van der Waals surface area contributed by atoms with Crippen molar-refractivity contribution in [2.45, 2.75) is 13.8 Å². The molecule has 0 aliphatic carbocycles. The minimum atomic E-state index is 1.09. The SMILES string of the molecule is Cc1ccc(N(c2ccc(-c3ccc(N(c4ccc(C)cc4)c4ccc5c6ccccc6n(-c6ccccc6)c5c4)cc3)cc2)c2ccc3c4ccccc4n(-c4ccccc4)c3c2)cc1. The van der Waals surface area contributed by atoms with Crippen molar-refractivity contribution in [1.82, 2.24) is 9.13 Å². The third-order valence-electron chi connectivity index (χ3n) is 13.0. The van der Waals surface area contributed by atoms with Gasteiger partial charge in [0.2, 0.25) is 0 Å². The Morgan fingerprint density at radius 1 is 0.258 bits per heavy atom. The van der Waals surface area contributed by atoms with Gasteiger partial charge in [-0.25, -0.2) is 0 Å². The zero-order valence-electron chi connectivity index (χ0n) is 36.9. The Morgan fingerprint density at radius 2 is 0.561 bits per heavy atom. The summed E-state index contributed by atoms with van der Waals surface area (Å²) < 4.78 is 4.77. The van der Waals surface area contributed by atoms with Crippen molar-refractivity contribution in [3.63, 3.8) is 0 Å². The number of fused-ring (bicyclic) bond motifs is 6. The van der Waals surface area contributed by atoms with Gasteiger partial charge in [0.25, 0.3) is 0 Å². The first-order valence-electron chi connectivity index (χ1n) is 22.7. The summed E-state index contributed by atoms with van der Waals surface area (Å²) in [6.45, 7) is 4.28. The van der Waals surface area contributed by atoms with E-state index in [1.54, 1.807) is 0 Å². The van der Waals surface area contributed by atoms with Crippen LogP contribution < -0.4 is 9.80 Å². The van der Waals surface area contributed by atoms with E-state index in [2.05, 4.69) is 275 Å². The van der Waals surface area contributed by atoms with Gasteiger partial charge in [-0.05, 0) is 134 Å². The van der Waals surface area contributed by atoms with Crippen LogP contribution in [0.25, 0.3) is 66.1 Å². The molecule has 0 N–H and O–H groups in total. The topological polar surface area (TPSA) is 16.3 Å². The molecule has 66 heavy (non-hydrogen) atoms. The maximum Gasteiger partial charge on any atom is 0.0561 e. The largest absolute Gasteiger partial charge is 0.310 e. The first-order chi connectivity index (χ1) is 32.6. The van der Waals surface area contributed by atoms with Crippen LogP contribution in [0.5, 0.6) is 0 Å². The molecule has 2 aromatic heterocycles. The summed E-state index contributed by atoms with van der Waals surface area (Å²) in [6.07, 6.45) is 0. The van der Waals surface area contributed by atoms with Gasteiger partial charge in [-0.3, -0.25) is 0 Å². The van der Waals surface area contributed by atoms with E-state index in [1.165, 1.54) is 54.7 Å². The number of aryl methyl sites for hydroxylation is 2. The third-order valence-corrected chi connectivity index (χ3v) is 13.0. The molecule has 12 aromatic rings. The molecule has 0 atom stereocenters. The lowest BCUT2D eigenvalue weighted by molar-refractivity contribution is 1.18. The van der Waals surface area contributed by atoms with Crippen molar-refractivity contribution in [2.24, 2.45) is 0 Å². The van der Waals surface area contributed by atoms with Crippen LogP contribution in [0.4, 0.5) is 34.1 Å². The number of benzene rings is 10. The summed E-state index contributed by atoms with van der Waals surface area (Å²) in [4.78, 5) is 4.73. The standard InChI is InChI=1S/C62H46N4/c1-43-21-29-49(30-22-43)63(53-37-39-57-55-17-9-11-19-59(55)65(61(57)41-53)47-13-5-3-6-14-47)51-33-25-45(26-34-51)46-27-35-52(36-28-46)64(50-31-23-44(2)24-32-50)54-38-40-58-56-18-10-12-20-60(56)66(62(58)42-54)48-15-7-4-8-16-48/h3-42H,1-2H3. The van der Waals surface area contributed by atoms with Gasteiger partial charge < -0.3 is 18.9 Å². The molecule has 0 saturated carbocycles. The van der Waals surface area contributed by atoms with Gasteiger partial charge in [0, 0.05) is 67.0 Å². The van der Waals surface area contributed by atoms with Crippen LogP contribution >= 0.6 is 0 Å². The molecule has 0 saturated heterocycles. The molecule has 10 aromatic carbocycles. The molecule has 12 rings (SSSR count). The van der Waals surface area contributed by atoms with Gasteiger partial charge in [-0.15, -0.1) is 0 Å². The monoisotopic (exact) mass is 846 g/mol. The summed E-state index contributed by atoms with van der Waals surface area (Å²) in [5, 5.41) is 4.96. The number of nitrogens with zero attached hydrogens (tertiary/aromatic N) is 4. The molecule has 2 heterocycles. The molecule has 4 heteroatoms. The molecule has 0 radical (unpaired) electrons. The van der Waals surface area contributed by atoms with E-state index in [-0.39, 0.29) is 0 Å². The van der Waals surface area contributed by atoms with Crippen LogP contribution in [0.2, 0.25) is 0 Å². The Labute approximate surface area is 385 Å². The van der Waals surface area contributed by atoms with Gasteiger partial charge in [0.15, 0.2) is 0 Å². The maximum atomic E-state index is 2.39. The fraction of sp³-hybridized carbons (Fsp3) is 0.0323. The predicted octanol–water partition coefficient (Wildman–Crippen LogP) is 17.1. The van der Waals surface area contributed by atoms with Gasteiger partial charge >= 0.3 is 0 Å². The quantitative estimate of drug-likeness (QED) is 0.144. The molecule has 0 unspecified atom stereocenters. The van der Waals surface area contributed by atoms with Crippen molar-refractivity contribution in [3.05, 3.63) is 254 Å². The maximum absolute atomic E-state index is 2.39. The molecule has 0 amide bonds. The number of rotatable bonds is 9. The van der Waals surface area contributed by atoms with Gasteiger partial charge in [0.05, 0.1) is 22.1 Å². The molecule has 0 spiro atoms. The van der Waals surface area contributed by atoms with Crippen LogP contribution in [0, 0.1) is 13.8 Å². The minimum Gasteiger partial charge on any atom is -0.310 e. The number of para-hydroxylation sites is 4. The summed E-state index contributed by atoms with van der Waals surface area (Å²) in [7, 11) is 0. The summed E-state index contributed by atoms with van der Waals surface area (Å²) >= 11 is 0. The molecule has 0 fully saturated rings. The number of aromatic nitrogens is 2.